The van der Waals surface area contributed by atoms with E-state index in [0.717, 1.165) is 50.9 Å². The molecule has 33 heavy (non-hydrogen) atoms. The fourth-order valence-corrected chi connectivity index (χ4v) is 5.20. The molecular formula is C31H43NO. The van der Waals surface area contributed by atoms with Gasteiger partial charge in [-0.25, -0.2) is 0 Å². The van der Waals surface area contributed by atoms with Crippen LogP contribution in [0.4, 0.5) is 0 Å². The summed E-state index contributed by atoms with van der Waals surface area (Å²) >= 11 is 0. The summed E-state index contributed by atoms with van der Waals surface area (Å²) in [4.78, 5) is 0. The Kier molecular flexibility index (Phi) is 10.3. The highest BCUT2D eigenvalue weighted by molar-refractivity contribution is 5.64. The second-order valence-electron chi connectivity index (χ2n) is 10.0. The zero-order valence-electron chi connectivity index (χ0n) is 21.0. The van der Waals surface area contributed by atoms with Gasteiger partial charge in [0, 0.05) is 0 Å². The van der Waals surface area contributed by atoms with Crippen LogP contribution < -0.4 is 4.74 Å². The summed E-state index contributed by atoms with van der Waals surface area (Å²) in [6.45, 7) is 5.29. The molecule has 0 N–H and O–H groups in total. The predicted octanol–water partition coefficient (Wildman–Crippen LogP) is 9.45. The van der Waals surface area contributed by atoms with Crippen LogP contribution in [-0.4, -0.2) is 6.61 Å². The van der Waals surface area contributed by atoms with Crippen molar-refractivity contribution in [2.75, 3.05) is 6.61 Å². The lowest BCUT2D eigenvalue weighted by molar-refractivity contribution is 0.224. The van der Waals surface area contributed by atoms with Gasteiger partial charge >= 0.3 is 0 Å². The third kappa shape index (κ3) is 7.63. The minimum atomic E-state index is -0.0642. The molecule has 3 rings (SSSR count). The van der Waals surface area contributed by atoms with Crippen LogP contribution in [0.25, 0.3) is 11.1 Å². The Morgan fingerprint density at radius 2 is 1.36 bits per heavy atom. The highest BCUT2D eigenvalue weighted by Crippen LogP contribution is 2.45. The Morgan fingerprint density at radius 1 is 0.788 bits per heavy atom. The summed E-state index contributed by atoms with van der Waals surface area (Å²) in [7, 11) is 0. The topological polar surface area (TPSA) is 33.0 Å². The average Bonchev–Trinajstić information content (AvgIpc) is 2.88. The average molecular weight is 446 g/mol. The molecule has 2 heteroatoms. The molecule has 0 bridgehead atoms. The Bertz CT molecular complexity index is 838. The Labute approximate surface area is 202 Å². The smallest absolute Gasteiger partial charge is 0.119 e. The molecule has 0 aromatic heterocycles. The summed E-state index contributed by atoms with van der Waals surface area (Å²) in [5, 5.41) is 9.75. The van der Waals surface area contributed by atoms with Crippen LogP contribution in [0.3, 0.4) is 0 Å². The van der Waals surface area contributed by atoms with Crippen LogP contribution in [0, 0.1) is 16.7 Å². The molecule has 0 saturated heterocycles. The van der Waals surface area contributed by atoms with Crippen LogP contribution in [0.2, 0.25) is 0 Å². The minimum Gasteiger partial charge on any atom is -0.494 e. The third-order valence-corrected chi connectivity index (χ3v) is 7.53. The quantitative estimate of drug-likeness (QED) is 0.288. The molecule has 1 aliphatic carbocycles. The van der Waals surface area contributed by atoms with Crippen LogP contribution in [0.5, 0.6) is 5.75 Å². The first kappa shape index (κ1) is 25.4. The molecule has 0 radical (unpaired) electrons. The summed E-state index contributed by atoms with van der Waals surface area (Å²) in [5.41, 5.74) is 3.86. The van der Waals surface area contributed by atoms with E-state index in [-0.39, 0.29) is 5.41 Å². The molecule has 1 saturated carbocycles. The van der Waals surface area contributed by atoms with Crippen LogP contribution in [0.1, 0.15) is 109 Å². The van der Waals surface area contributed by atoms with Crippen molar-refractivity contribution in [2.24, 2.45) is 5.41 Å². The zero-order chi connectivity index (χ0) is 23.4. The van der Waals surface area contributed by atoms with Crippen molar-refractivity contribution in [3.63, 3.8) is 0 Å². The van der Waals surface area contributed by atoms with E-state index in [2.05, 4.69) is 68.4 Å². The van der Waals surface area contributed by atoms with E-state index in [0.29, 0.717) is 5.92 Å². The molecule has 178 valence electrons. The molecule has 0 aliphatic heterocycles. The number of hydrogen-bond donors (Lipinski definition) is 0. The Hall–Kier alpha value is -2.27. The number of benzene rings is 2. The molecular weight excluding hydrogens is 402 g/mol. The highest BCUT2D eigenvalue weighted by Gasteiger charge is 2.35. The van der Waals surface area contributed by atoms with Crippen LogP contribution in [0.15, 0.2) is 48.5 Å². The van der Waals surface area contributed by atoms with Gasteiger partial charge in [-0.05, 0) is 73.3 Å². The molecule has 2 nitrogen and oxygen atoms in total. The van der Waals surface area contributed by atoms with E-state index in [9.17, 15) is 5.26 Å². The van der Waals surface area contributed by atoms with E-state index in [4.69, 9.17) is 4.74 Å². The Balaban J connectivity index is 1.47. The van der Waals surface area contributed by atoms with Gasteiger partial charge < -0.3 is 4.74 Å². The predicted molar refractivity (Wildman–Crippen MR) is 140 cm³/mol. The standard InChI is InChI=1S/C31H43NO/c1-3-5-7-8-9-10-24-33-30-17-15-28(16-18-30)26-11-13-27(14-12-26)29-19-22-31(25-32,23-20-29)21-6-4-2/h11-18,29H,3-10,19-24H2,1-2H3. The number of unbranched alkanes of at least 4 members (excludes halogenated alkanes) is 6. The van der Waals surface area contributed by atoms with Gasteiger partial charge in [0.15, 0.2) is 0 Å². The third-order valence-electron chi connectivity index (χ3n) is 7.53. The van der Waals surface area contributed by atoms with Gasteiger partial charge in [0.25, 0.3) is 0 Å². The van der Waals surface area contributed by atoms with Gasteiger partial charge in [0.2, 0.25) is 0 Å². The van der Waals surface area contributed by atoms with E-state index < -0.39 is 0 Å². The van der Waals surface area contributed by atoms with Crippen molar-refractivity contribution in [3.8, 4) is 22.9 Å². The van der Waals surface area contributed by atoms with E-state index in [1.165, 1.54) is 61.6 Å². The molecule has 0 atom stereocenters. The van der Waals surface area contributed by atoms with Gasteiger partial charge in [0.1, 0.15) is 5.75 Å². The number of nitriles is 1. The van der Waals surface area contributed by atoms with Crippen molar-refractivity contribution in [3.05, 3.63) is 54.1 Å². The fourth-order valence-electron chi connectivity index (χ4n) is 5.20. The number of rotatable bonds is 13. The molecule has 0 unspecified atom stereocenters. The molecule has 0 amide bonds. The van der Waals surface area contributed by atoms with E-state index in [1.54, 1.807) is 0 Å². The molecule has 2 aromatic rings. The van der Waals surface area contributed by atoms with Crippen molar-refractivity contribution in [1.82, 2.24) is 0 Å². The molecule has 0 heterocycles. The van der Waals surface area contributed by atoms with Crippen molar-refractivity contribution >= 4 is 0 Å². The SMILES string of the molecule is CCCCCCCCOc1ccc(-c2ccc(C3CCC(C#N)(CCCC)CC3)cc2)cc1. The van der Waals surface area contributed by atoms with Gasteiger partial charge in [-0.1, -0.05) is 95.2 Å². The largest absolute Gasteiger partial charge is 0.494 e. The number of nitrogens with zero attached hydrogens (tertiary/aromatic N) is 1. The van der Waals surface area contributed by atoms with Gasteiger partial charge in [0.05, 0.1) is 18.1 Å². The normalized spacial score (nSPS) is 20.3. The first-order valence-corrected chi connectivity index (χ1v) is 13.4. The Morgan fingerprint density at radius 3 is 1.97 bits per heavy atom. The second kappa shape index (κ2) is 13.4. The summed E-state index contributed by atoms with van der Waals surface area (Å²) in [5.74, 6) is 1.56. The maximum Gasteiger partial charge on any atom is 0.119 e. The lowest BCUT2D eigenvalue weighted by Gasteiger charge is -2.35. The molecule has 0 spiro atoms. The number of ether oxygens (including phenoxy) is 1. The van der Waals surface area contributed by atoms with Gasteiger partial charge in [-0.3, -0.25) is 0 Å². The van der Waals surface area contributed by atoms with Crippen molar-refractivity contribution < 1.29 is 4.74 Å². The molecule has 1 aliphatic rings. The first-order chi connectivity index (χ1) is 16.2. The van der Waals surface area contributed by atoms with Crippen LogP contribution in [-0.2, 0) is 0 Å². The van der Waals surface area contributed by atoms with E-state index in [1.807, 2.05) is 0 Å². The lowest BCUT2D eigenvalue weighted by atomic mass is 9.67. The molecule has 1 fully saturated rings. The summed E-state index contributed by atoms with van der Waals surface area (Å²) < 4.78 is 5.93. The van der Waals surface area contributed by atoms with Gasteiger partial charge in [-0.15, -0.1) is 0 Å². The number of hydrogen-bond acceptors (Lipinski definition) is 2. The summed E-state index contributed by atoms with van der Waals surface area (Å²) in [6, 6.07) is 20.3. The summed E-state index contributed by atoms with van der Waals surface area (Å²) in [6.07, 6.45) is 15.5. The van der Waals surface area contributed by atoms with Crippen molar-refractivity contribution in [2.45, 2.75) is 103 Å². The molecule has 2 aromatic carbocycles. The zero-order valence-corrected chi connectivity index (χ0v) is 21.0. The monoisotopic (exact) mass is 445 g/mol. The van der Waals surface area contributed by atoms with Crippen molar-refractivity contribution in [1.29, 1.82) is 5.26 Å². The fraction of sp³-hybridized carbons (Fsp3) is 0.581. The maximum absolute atomic E-state index is 9.75. The first-order valence-electron chi connectivity index (χ1n) is 13.4. The lowest BCUT2D eigenvalue weighted by Crippen LogP contribution is -2.25. The van der Waals surface area contributed by atoms with Gasteiger partial charge in [-0.2, -0.15) is 5.26 Å². The van der Waals surface area contributed by atoms with Crippen LogP contribution >= 0.6 is 0 Å². The van der Waals surface area contributed by atoms with E-state index >= 15 is 0 Å². The maximum atomic E-state index is 9.75. The minimum absolute atomic E-state index is 0.0642. The second-order valence-corrected chi connectivity index (χ2v) is 10.0. The highest BCUT2D eigenvalue weighted by atomic mass is 16.5.